The van der Waals surface area contributed by atoms with Crippen molar-refractivity contribution in [2.24, 2.45) is 10.1 Å². The van der Waals surface area contributed by atoms with Gasteiger partial charge in [0, 0.05) is 23.7 Å². The van der Waals surface area contributed by atoms with Gasteiger partial charge in [0.1, 0.15) is 0 Å². The largest absolute Gasteiger partial charge is 0.376 e. The average molecular weight is 364 g/mol. The Hall–Kier alpha value is -2.57. The van der Waals surface area contributed by atoms with Crippen LogP contribution < -0.4 is 4.80 Å². The molecule has 1 atom stereocenters. The van der Waals surface area contributed by atoms with E-state index in [1.165, 1.54) is 0 Å². The van der Waals surface area contributed by atoms with Crippen LogP contribution in [0.5, 0.6) is 0 Å². The molecule has 1 fully saturated rings. The maximum absolute atomic E-state index is 5.69. The van der Waals surface area contributed by atoms with Crippen molar-refractivity contribution >= 4 is 17.6 Å². The van der Waals surface area contributed by atoms with E-state index in [1.54, 1.807) is 23.7 Å². The van der Waals surface area contributed by atoms with Crippen molar-refractivity contribution in [2.45, 2.75) is 18.9 Å². The highest BCUT2D eigenvalue weighted by Gasteiger charge is 2.15. The van der Waals surface area contributed by atoms with Crippen LogP contribution >= 0.6 is 11.3 Å². The zero-order valence-corrected chi connectivity index (χ0v) is 15.2. The summed E-state index contributed by atoms with van der Waals surface area (Å²) in [7, 11) is 0. The molecule has 2 aromatic heterocycles. The quantitative estimate of drug-likeness (QED) is 0.650. The Morgan fingerprint density at radius 1 is 1.19 bits per heavy atom. The molecule has 0 unspecified atom stereocenters. The molecular formula is C20H20N4OS. The summed E-state index contributed by atoms with van der Waals surface area (Å²) in [5.74, 6) is 0. The highest BCUT2D eigenvalue weighted by Crippen LogP contribution is 2.20. The number of nitrogens with zero attached hydrogens (tertiary/aromatic N) is 4. The molecular weight excluding hydrogens is 344 g/mol. The lowest BCUT2D eigenvalue weighted by molar-refractivity contribution is 0.117. The molecule has 0 bridgehead atoms. The van der Waals surface area contributed by atoms with Gasteiger partial charge in [-0.05, 0) is 25.0 Å². The summed E-state index contributed by atoms with van der Waals surface area (Å²) in [6, 6.07) is 16.0. The molecule has 6 heteroatoms. The van der Waals surface area contributed by atoms with Gasteiger partial charge in [-0.2, -0.15) is 5.10 Å². The maximum Gasteiger partial charge on any atom is 0.206 e. The Bertz CT molecular complexity index is 925. The molecule has 4 rings (SSSR count). The highest BCUT2D eigenvalue weighted by molar-refractivity contribution is 7.07. The van der Waals surface area contributed by atoms with Gasteiger partial charge < -0.3 is 4.74 Å². The number of rotatable bonds is 5. The maximum atomic E-state index is 5.69. The highest BCUT2D eigenvalue weighted by atomic mass is 32.1. The fourth-order valence-electron chi connectivity index (χ4n) is 2.86. The van der Waals surface area contributed by atoms with Crippen LogP contribution in [0.3, 0.4) is 0 Å². The molecule has 1 aromatic carbocycles. The van der Waals surface area contributed by atoms with Gasteiger partial charge in [0.05, 0.1) is 30.3 Å². The number of hydrogen-bond acceptors (Lipinski definition) is 5. The first-order valence-electron chi connectivity index (χ1n) is 8.73. The standard InChI is InChI=1S/C20H20N4OS/c1-2-7-16(8-3-1)19-15-26-20(22-14-18-10-6-12-25-18)24(19)23-13-17-9-4-5-11-21-17/h1-5,7-9,11,13,15,18H,6,10,12,14H2/b22-20?,23-13-/t18-/m0/s1. The molecule has 0 spiro atoms. The molecule has 0 saturated carbocycles. The molecule has 132 valence electrons. The molecule has 0 aliphatic carbocycles. The minimum atomic E-state index is 0.227. The Labute approximate surface area is 156 Å². The molecule has 1 aliphatic heterocycles. The Kier molecular flexibility index (Phi) is 5.33. The van der Waals surface area contributed by atoms with Crippen molar-refractivity contribution in [2.75, 3.05) is 13.2 Å². The third-order valence-electron chi connectivity index (χ3n) is 4.20. The molecule has 3 heterocycles. The Balaban J connectivity index is 1.70. The van der Waals surface area contributed by atoms with Crippen molar-refractivity contribution in [3.8, 4) is 11.3 Å². The summed E-state index contributed by atoms with van der Waals surface area (Å²) in [6.07, 6.45) is 5.96. The summed E-state index contributed by atoms with van der Waals surface area (Å²) in [5, 5.41) is 6.76. The number of hydrogen-bond donors (Lipinski definition) is 0. The molecule has 3 aromatic rings. The summed E-state index contributed by atoms with van der Waals surface area (Å²) in [6.45, 7) is 1.52. The molecule has 5 nitrogen and oxygen atoms in total. The van der Waals surface area contributed by atoms with Crippen molar-refractivity contribution in [1.29, 1.82) is 0 Å². The monoisotopic (exact) mass is 364 g/mol. The van der Waals surface area contributed by atoms with Crippen molar-refractivity contribution < 1.29 is 4.74 Å². The normalized spacial score (nSPS) is 18.0. The van der Waals surface area contributed by atoms with Crippen molar-refractivity contribution in [1.82, 2.24) is 9.66 Å². The number of pyridine rings is 1. The lowest BCUT2D eigenvalue weighted by atomic mass is 10.2. The fraction of sp³-hybridized carbons (Fsp3) is 0.250. The van der Waals surface area contributed by atoms with Gasteiger partial charge in [0.25, 0.3) is 0 Å². The van der Waals surface area contributed by atoms with Gasteiger partial charge in [-0.3, -0.25) is 9.98 Å². The van der Waals surface area contributed by atoms with E-state index in [-0.39, 0.29) is 6.10 Å². The summed E-state index contributed by atoms with van der Waals surface area (Å²) >= 11 is 1.60. The van der Waals surface area contributed by atoms with E-state index in [4.69, 9.17) is 9.73 Å². The smallest absolute Gasteiger partial charge is 0.206 e. The number of ether oxygens (including phenoxy) is 1. The van der Waals surface area contributed by atoms with E-state index in [0.717, 1.165) is 41.2 Å². The van der Waals surface area contributed by atoms with Crippen LogP contribution in [-0.2, 0) is 4.74 Å². The van der Waals surface area contributed by atoms with Crippen LogP contribution in [0.25, 0.3) is 11.3 Å². The van der Waals surface area contributed by atoms with E-state index in [9.17, 15) is 0 Å². The summed E-state index contributed by atoms with van der Waals surface area (Å²) < 4.78 is 7.58. The van der Waals surface area contributed by atoms with Gasteiger partial charge in [-0.25, -0.2) is 4.68 Å². The minimum absolute atomic E-state index is 0.227. The zero-order chi connectivity index (χ0) is 17.6. The second-order valence-electron chi connectivity index (χ2n) is 6.06. The van der Waals surface area contributed by atoms with Crippen LogP contribution in [0.1, 0.15) is 18.5 Å². The first-order chi connectivity index (χ1) is 12.9. The van der Waals surface area contributed by atoms with Gasteiger partial charge in [-0.1, -0.05) is 36.4 Å². The average Bonchev–Trinajstić information content (AvgIpc) is 3.36. The zero-order valence-electron chi connectivity index (χ0n) is 14.4. The predicted molar refractivity (Wildman–Crippen MR) is 104 cm³/mol. The molecule has 26 heavy (non-hydrogen) atoms. The molecule has 0 amide bonds. The van der Waals surface area contributed by atoms with Crippen molar-refractivity contribution in [3.05, 3.63) is 70.6 Å². The minimum Gasteiger partial charge on any atom is -0.376 e. The predicted octanol–water partition coefficient (Wildman–Crippen LogP) is 3.57. The van der Waals surface area contributed by atoms with Crippen LogP contribution in [0.4, 0.5) is 0 Å². The second kappa shape index (κ2) is 8.21. The van der Waals surface area contributed by atoms with E-state index in [1.807, 2.05) is 41.1 Å². The fourth-order valence-corrected chi connectivity index (χ4v) is 3.71. The van der Waals surface area contributed by atoms with E-state index < -0.39 is 0 Å². The van der Waals surface area contributed by atoms with Gasteiger partial charge in [0.15, 0.2) is 0 Å². The second-order valence-corrected chi connectivity index (χ2v) is 6.89. The summed E-state index contributed by atoms with van der Waals surface area (Å²) in [4.78, 5) is 9.95. The SMILES string of the molecule is C(=N/n1c(-c2ccccc2)csc1=NC[C@@H]1CCCO1)/c1ccccn1. The Morgan fingerprint density at radius 2 is 2.08 bits per heavy atom. The first kappa shape index (κ1) is 16.9. The van der Waals surface area contributed by atoms with Crippen molar-refractivity contribution in [3.63, 3.8) is 0 Å². The van der Waals surface area contributed by atoms with Crippen LogP contribution in [0, 0.1) is 0 Å². The van der Waals surface area contributed by atoms with Crippen LogP contribution in [-0.4, -0.2) is 35.1 Å². The number of thiazole rings is 1. The Morgan fingerprint density at radius 3 is 2.85 bits per heavy atom. The van der Waals surface area contributed by atoms with E-state index in [0.29, 0.717) is 6.54 Å². The van der Waals surface area contributed by atoms with Gasteiger partial charge in [-0.15, -0.1) is 11.3 Å². The lowest BCUT2D eigenvalue weighted by Gasteiger charge is -2.05. The number of benzene rings is 1. The third-order valence-corrected chi connectivity index (χ3v) is 5.06. The molecule has 0 radical (unpaired) electrons. The lowest BCUT2D eigenvalue weighted by Crippen LogP contribution is -2.17. The first-order valence-corrected chi connectivity index (χ1v) is 9.61. The molecule has 1 saturated heterocycles. The topological polar surface area (TPSA) is 51.8 Å². The number of aromatic nitrogens is 2. The van der Waals surface area contributed by atoms with Crippen LogP contribution in [0.2, 0.25) is 0 Å². The molecule has 0 N–H and O–H groups in total. The third kappa shape index (κ3) is 3.98. The van der Waals surface area contributed by atoms with Gasteiger partial charge in [0.2, 0.25) is 4.80 Å². The van der Waals surface area contributed by atoms with Gasteiger partial charge >= 0.3 is 0 Å². The summed E-state index contributed by atoms with van der Waals surface area (Å²) in [5.41, 5.74) is 2.95. The molecule has 1 aliphatic rings. The van der Waals surface area contributed by atoms with Crippen LogP contribution in [0.15, 0.2) is 70.2 Å². The van der Waals surface area contributed by atoms with E-state index in [2.05, 4.69) is 27.6 Å². The van der Waals surface area contributed by atoms with E-state index >= 15 is 0 Å².